The van der Waals surface area contributed by atoms with Gasteiger partial charge in [-0.15, -0.1) is 10.2 Å². The average Bonchev–Trinajstić information content (AvgIpc) is 3.29. The number of rotatable bonds is 4. The van der Waals surface area contributed by atoms with Crippen LogP contribution in [0.2, 0.25) is 5.02 Å². The highest BCUT2D eigenvalue weighted by Gasteiger charge is 2.19. The van der Waals surface area contributed by atoms with Gasteiger partial charge in [-0.3, -0.25) is 4.79 Å². The lowest BCUT2D eigenvalue weighted by molar-refractivity contribution is 0.101. The van der Waals surface area contributed by atoms with Crippen molar-refractivity contribution in [3.63, 3.8) is 0 Å². The van der Waals surface area contributed by atoms with Gasteiger partial charge in [-0.25, -0.2) is 4.68 Å². The number of hydrogen-bond acceptors (Lipinski definition) is 5. The van der Waals surface area contributed by atoms with Crippen LogP contribution in [0.15, 0.2) is 59.0 Å². The molecule has 4 rings (SSSR count). The molecule has 0 aliphatic heterocycles. The lowest BCUT2D eigenvalue weighted by Gasteiger charge is -2.04. The molecule has 6 nitrogen and oxygen atoms in total. The largest absolute Gasteiger partial charge is 0.415 e. The van der Waals surface area contributed by atoms with Crippen molar-refractivity contribution in [3.05, 3.63) is 70.9 Å². The van der Waals surface area contributed by atoms with Crippen LogP contribution in [0.1, 0.15) is 23.0 Å². The van der Waals surface area contributed by atoms with Gasteiger partial charge in [0.1, 0.15) is 11.4 Å². The van der Waals surface area contributed by atoms with Crippen molar-refractivity contribution in [2.45, 2.75) is 13.8 Å². The van der Waals surface area contributed by atoms with Crippen LogP contribution in [0.5, 0.6) is 0 Å². The summed E-state index contributed by atoms with van der Waals surface area (Å²) in [5.41, 5.74) is 3.51. The Morgan fingerprint density at radius 1 is 1.04 bits per heavy atom. The molecule has 0 aliphatic rings. The van der Waals surface area contributed by atoms with E-state index in [1.165, 1.54) is 6.92 Å². The van der Waals surface area contributed by atoms with Gasteiger partial charge >= 0.3 is 0 Å². The number of aryl methyl sites for hydroxylation is 1. The van der Waals surface area contributed by atoms with Crippen molar-refractivity contribution in [2.24, 2.45) is 0 Å². The van der Waals surface area contributed by atoms with Gasteiger partial charge in [0.2, 0.25) is 5.89 Å². The van der Waals surface area contributed by atoms with Gasteiger partial charge in [-0.1, -0.05) is 29.3 Å². The number of hydrogen-bond donors (Lipinski definition) is 0. The molecular formula is C20H15ClN4O2. The fourth-order valence-corrected chi connectivity index (χ4v) is 2.83. The highest BCUT2D eigenvalue weighted by Crippen LogP contribution is 2.27. The average molecular weight is 379 g/mol. The third-order valence-corrected chi connectivity index (χ3v) is 4.30. The van der Waals surface area contributed by atoms with Crippen LogP contribution in [0, 0.1) is 6.92 Å². The minimum Gasteiger partial charge on any atom is -0.415 e. The number of ketones is 1. The second-order valence-electron chi connectivity index (χ2n) is 6.14. The van der Waals surface area contributed by atoms with E-state index in [2.05, 4.69) is 15.3 Å². The van der Waals surface area contributed by atoms with Gasteiger partial charge in [0.05, 0.1) is 5.69 Å². The van der Waals surface area contributed by atoms with Gasteiger partial charge in [0.25, 0.3) is 5.89 Å². The number of nitrogens with zero attached hydrogens (tertiary/aromatic N) is 4. The quantitative estimate of drug-likeness (QED) is 0.479. The van der Waals surface area contributed by atoms with E-state index >= 15 is 0 Å². The van der Waals surface area contributed by atoms with Crippen LogP contribution in [-0.4, -0.2) is 25.8 Å². The summed E-state index contributed by atoms with van der Waals surface area (Å²) in [4.78, 5) is 11.8. The topological polar surface area (TPSA) is 73.8 Å². The first-order valence-electron chi connectivity index (χ1n) is 8.29. The summed E-state index contributed by atoms with van der Waals surface area (Å²) in [7, 11) is 0. The Morgan fingerprint density at radius 3 is 2.48 bits per heavy atom. The molecule has 0 amide bonds. The van der Waals surface area contributed by atoms with Gasteiger partial charge in [-0.2, -0.15) is 5.10 Å². The van der Waals surface area contributed by atoms with E-state index in [1.54, 1.807) is 35.0 Å². The van der Waals surface area contributed by atoms with Crippen molar-refractivity contribution >= 4 is 17.4 Å². The molecule has 0 fully saturated rings. The lowest BCUT2D eigenvalue weighted by Crippen LogP contribution is -2.01. The van der Waals surface area contributed by atoms with Crippen molar-refractivity contribution in [1.82, 2.24) is 20.0 Å². The smallest absolute Gasteiger partial charge is 0.266 e. The summed E-state index contributed by atoms with van der Waals surface area (Å²) in [6.07, 6.45) is 0. The van der Waals surface area contributed by atoms with E-state index in [0.717, 1.165) is 16.8 Å². The summed E-state index contributed by atoms with van der Waals surface area (Å²) in [6, 6.07) is 16.6. The molecule has 0 spiro atoms. The predicted molar refractivity (Wildman–Crippen MR) is 102 cm³/mol. The monoisotopic (exact) mass is 378 g/mol. The maximum absolute atomic E-state index is 11.8. The van der Waals surface area contributed by atoms with Crippen LogP contribution < -0.4 is 0 Å². The standard InChI is InChI=1S/C20H15ClN4O2/c1-12-4-3-5-14(10-12)19-22-23-20(27-19)18-11-17(13(2)26)24-25(18)16-8-6-15(21)7-9-16/h3-11H,1-2H3. The first-order chi connectivity index (χ1) is 13.0. The Hall–Kier alpha value is -3.25. The normalized spacial score (nSPS) is 10.9. The van der Waals surface area contributed by atoms with Gasteiger partial charge in [-0.05, 0) is 43.3 Å². The van der Waals surface area contributed by atoms with Crippen LogP contribution in [-0.2, 0) is 0 Å². The molecule has 0 N–H and O–H groups in total. The molecule has 0 unspecified atom stereocenters. The fraction of sp³-hybridized carbons (Fsp3) is 0.100. The van der Waals surface area contributed by atoms with Gasteiger partial charge in [0.15, 0.2) is 5.78 Å². The Labute approximate surface area is 160 Å². The van der Waals surface area contributed by atoms with Crippen molar-refractivity contribution < 1.29 is 9.21 Å². The number of benzene rings is 2. The minimum atomic E-state index is -0.151. The van der Waals surface area contributed by atoms with E-state index < -0.39 is 0 Å². The predicted octanol–water partition coefficient (Wildman–Crippen LogP) is 4.75. The molecule has 7 heteroatoms. The number of Topliss-reactive ketones (excluding diaryl/α,β-unsaturated/α-hetero) is 1. The van der Waals surface area contributed by atoms with Crippen LogP contribution >= 0.6 is 11.6 Å². The Kier molecular flexibility index (Phi) is 4.33. The molecule has 0 saturated carbocycles. The molecule has 0 bridgehead atoms. The zero-order valence-electron chi connectivity index (χ0n) is 14.7. The van der Waals surface area contributed by atoms with E-state index in [4.69, 9.17) is 16.0 Å². The second kappa shape index (κ2) is 6.81. The fourth-order valence-electron chi connectivity index (χ4n) is 2.71. The SMILES string of the molecule is CC(=O)c1cc(-c2nnc(-c3cccc(C)c3)o2)n(-c2ccc(Cl)cc2)n1. The number of aromatic nitrogens is 4. The first kappa shape index (κ1) is 17.2. The zero-order chi connectivity index (χ0) is 19.0. The molecule has 2 aromatic heterocycles. The lowest BCUT2D eigenvalue weighted by atomic mass is 10.1. The molecule has 27 heavy (non-hydrogen) atoms. The Morgan fingerprint density at radius 2 is 1.78 bits per heavy atom. The molecule has 0 saturated heterocycles. The number of carbonyl (C=O) groups is 1. The maximum Gasteiger partial charge on any atom is 0.266 e. The molecule has 0 radical (unpaired) electrons. The summed E-state index contributed by atoms with van der Waals surface area (Å²) in [6.45, 7) is 3.46. The van der Waals surface area contributed by atoms with Crippen molar-refractivity contribution in [1.29, 1.82) is 0 Å². The molecule has 0 atom stereocenters. The van der Waals surface area contributed by atoms with Gasteiger partial charge in [0, 0.05) is 23.6 Å². The first-order valence-corrected chi connectivity index (χ1v) is 8.67. The van der Waals surface area contributed by atoms with Crippen LogP contribution in [0.3, 0.4) is 0 Å². The second-order valence-corrected chi connectivity index (χ2v) is 6.58. The number of halogens is 1. The minimum absolute atomic E-state index is 0.151. The summed E-state index contributed by atoms with van der Waals surface area (Å²) in [5.74, 6) is 0.533. The summed E-state index contributed by atoms with van der Waals surface area (Å²) in [5, 5.41) is 13.3. The molecule has 0 aliphatic carbocycles. The highest BCUT2D eigenvalue weighted by molar-refractivity contribution is 6.30. The van der Waals surface area contributed by atoms with E-state index in [-0.39, 0.29) is 11.7 Å². The van der Waals surface area contributed by atoms with Gasteiger partial charge < -0.3 is 4.42 Å². The molecular weight excluding hydrogens is 364 g/mol. The highest BCUT2D eigenvalue weighted by atomic mass is 35.5. The van der Waals surface area contributed by atoms with Crippen molar-refractivity contribution in [3.8, 4) is 28.7 Å². The number of carbonyl (C=O) groups excluding carboxylic acids is 1. The third kappa shape index (κ3) is 3.39. The van der Waals surface area contributed by atoms with Crippen LogP contribution in [0.25, 0.3) is 28.7 Å². The Balaban J connectivity index is 1.81. The van der Waals surface area contributed by atoms with E-state index in [0.29, 0.717) is 22.3 Å². The molecule has 134 valence electrons. The third-order valence-electron chi connectivity index (χ3n) is 4.05. The summed E-state index contributed by atoms with van der Waals surface area (Å²) < 4.78 is 7.47. The molecule has 2 heterocycles. The Bertz CT molecular complexity index is 1130. The van der Waals surface area contributed by atoms with E-state index in [1.807, 2.05) is 31.2 Å². The van der Waals surface area contributed by atoms with Crippen molar-refractivity contribution in [2.75, 3.05) is 0 Å². The molecule has 2 aromatic carbocycles. The van der Waals surface area contributed by atoms with E-state index in [9.17, 15) is 4.79 Å². The van der Waals surface area contributed by atoms with Crippen LogP contribution in [0.4, 0.5) is 0 Å². The molecule has 4 aromatic rings. The zero-order valence-corrected chi connectivity index (χ0v) is 15.4. The maximum atomic E-state index is 11.8. The summed E-state index contributed by atoms with van der Waals surface area (Å²) >= 11 is 5.97.